The van der Waals surface area contributed by atoms with Gasteiger partial charge in [0.1, 0.15) is 0 Å². The number of hydrogen-bond donors (Lipinski definition) is 2. The molecule has 0 spiro atoms. The Bertz CT molecular complexity index is 954. The second-order valence-electron chi connectivity index (χ2n) is 7.43. The maximum atomic E-state index is 13.0. The number of rotatable bonds is 6. The highest BCUT2D eigenvalue weighted by Gasteiger charge is 2.38. The third-order valence-corrected chi connectivity index (χ3v) is 5.62. The molecule has 0 atom stereocenters. The van der Waals surface area contributed by atoms with Crippen LogP contribution in [0.2, 0.25) is 0 Å². The van der Waals surface area contributed by atoms with Crippen LogP contribution in [0, 0.1) is 5.41 Å². The van der Waals surface area contributed by atoms with Crippen LogP contribution < -0.4 is 11.1 Å². The van der Waals surface area contributed by atoms with Gasteiger partial charge in [-0.2, -0.15) is 5.10 Å². The number of para-hydroxylation sites is 1. The first-order chi connectivity index (χ1) is 14.2. The molecule has 1 aliphatic heterocycles. The Labute approximate surface area is 182 Å². The number of nitrogens with zero attached hydrogens (tertiary/aromatic N) is 2. The molecule has 7 heteroatoms. The number of aromatic nitrogens is 2. The summed E-state index contributed by atoms with van der Waals surface area (Å²) in [6, 6.07) is 20.0. The molecule has 3 aromatic rings. The summed E-state index contributed by atoms with van der Waals surface area (Å²) in [4.78, 5) is 13.0. The lowest BCUT2D eigenvalue weighted by Gasteiger charge is -2.34. The average molecular weight is 427 g/mol. The molecule has 1 saturated heterocycles. The van der Waals surface area contributed by atoms with Crippen molar-refractivity contribution in [3.63, 3.8) is 0 Å². The molecular formula is C23H27ClN4O2. The van der Waals surface area contributed by atoms with Crippen molar-refractivity contribution in [1.82, 2.24) is 15.1 Å². The molecule has 6 nitrogen and oxygen atoms in total. The summed E-state index contributed by atoms with van der Waals surface area (Å²) in [5.41, 5.74) is 9.26. The summed E-state index contributed by atoms with van der Waals surface area (Å²) in [7, 11) is 0. The highest BCUT2D eigenvalue weighted by molar-refractivity contribution is 5.85. The summed E-state index contributed by atoms with van der Waals surface area (Å²) in [5, 5.41) is 7.91. The second kappa shape index (κ2) is 9.89. The van der Waals surface area contributed by atoms with E-state index in [9.17, 15) is 4.79 Å². The maximum absolute atomic E-state index is 13.0. The zero-order valence-corrected chi connectivity index (χ0v) is 17.6. The number of halogens is 1. The van der Waals surface area contributed by atoms with Gasteiger partial charge >= 0.3 is 0 Å². The van der Waals surface area contributed by atoms with Crippen molar-refractivity contribution < 1.29 is 9.53 Å². The van der Waals surface area contributed by atoms with Crippen LogP contribution >= 0.6 is 12.4 Å². The Hall–Kier alpha value is -2.67. The van der Waals surface area contributed by atoms with Crippen LogP contribution in [0.15, 0.2) is 66.9 Å². The van der Waals surface area contributed by atoms with Crippen LogP contribution in [0.5, 0.6) is 0 Å². The lowest BCUT2D eigenvalue weighted by molar-refractivity contribution is -0.136. The summed E-state index contributed by atoms with van der Waals surface area (Å²) in [6.07, 6.45) is 3.30. The van der Waals surface area contributed by atoms with Gasteiger partial charge in [0.15, 0.2) is 0 Å². The summed E-state index contributed by atoms with van der Waals surface area (Å²) >= 11 is 0. The largest absolute Gasteiger partial charge is 0.381 e. The Morgan fingerprint density at radius 2 is 1.70 bits per heavy atom. The van der Waals surface area contributed by atoms with Gasteiger partial charge in [0.25, 0.3) is 0 Å². The third-order valence-electron chi connectivity index (χ3n) is 5.62. The number of nitrogens with one attached hydrogen (secondary N) is 1. The molecule has 30 heavy (non-hydrogen) atoms. The molecule has 0 bridgehead atoms. The van der Waals surface area contributed by atoms with E-state index in [1.165, 1.54) is 0 Å². The smallest absolute Gasteiger partial charge is 0.227 e. The van der Waals surface area contributed by atoms with E-state index in [4.69, 9.17) is 15.6 Å². The topological polar surface area (TPSA) is 82.2 Å². The van der Waals surface area contributed by atoms with Crippen molar-refractivity contribution >= 4 is 18.3 Å². The molecule has 3 N–H and O–H groups in total. The molecular weight excluding hydrogens is 400 g/mol. The monoisotopic (exact) mass is 426 g/mol. The molecule has 1 aromatic heterocycles. The Morgan fingerprint density at radius 3 is 2.33 bits per heavy atom. The average Bonchev–Trinajstić information content (AvgIpc) is 3.23. The summed E-state index contributed by atoms with van der Waals surface area (Å²) < 4.78 is 7.28. The fraction of sp³-hybridized carbons (Fsp3) is 0.304. The molecule has 1 aliphatic rings. The molecule has 1 fully saturated rings. The molecule has 0 aliphatic carbocycles. The fourth-order valence-electron chi connectivity index (χ4n) is 3.74. The number of amides is 1. The first-order valence-electron chi connectivity index (χ1n) is 9.97. The minimum atomic E-state index is -0.541. The van der Waals surface area contributed by atoms with Crippen molar-refractivity contribution in [2.75, 3.05) is 19.8 Å². The number of ether oxygens (including phenoxy) is 1. The van der Waals surface area contributed by atoms with Gasteiger partial charge in [-0.05, 0) is 25.0 Å². The molecule has 2 aromatic carbocycles. The van der Waals surface area contributed by atoms with Gasteiger partial charge < -0.3 is 15.8 Å². The first kappa shape index (κ1) is 22.0. The molecule has 158 valence electrons. The Morgan fingerprint density at radius 1 is 1.07 bits per heavy atom. The summed E-state index contributed by atoms with van der Waals surface area (Å²) in [6.45, 7) is 1.88. The zero-order chi connectivity index (χ0) is 20.1. The van der Waals surface area contributed by atoms with Crippen molar-refractivity contribution in [3.05, 3.63) is 72.4 Å². The van der Waals surface area contributed by atoms with E-state index in [1.807, 2.05) is 71.5 Å². The number of hydrogen-bond acceptors (Lipinski definition) is 4. The van der Waals surface area contributed by atoms with Crippen molar-refractivity contribution in [1.29, 1.82) is 0 Å². The van der Waals surface area contributed by atoms with E-state index in [0.717, 1.165) is 22.5 Å². The van der Waals surface area contributed by atoms with E-state index in [-0.39, 0.29) is 18.3 Å². The van der Waals surface area contributed by atoms with Gasteiger partial charge in [0, 0.05) is 43.6 Å². The van der Waals surface area contributed by atoms with Crippen LogP contribution in [0.3, 0.4) is 0 Å². The fourth-order valence-corrected chi connectivity index (χ4v) is 3.74. The molecule has 2 heterocycles. The molecule has 4 rings (SSSR count). The van der Waals surface area contributed by atoms with Gasteiger partial charge in [0.2, 0.25) is 5.91 Å². The number of carbonyl (C=O) groups is 1. The molecule has 0 unspecified atom stereocenters. The van der Waals surface area contributed by atoms with Gasteiger partial charge in [-0.15, -0.1) is 12.4 Å². The van der Waals surface area contributed by atoms with E-state index in [1.54, 1.807) is 0 Å². The zero-order valence-electron chi connectivity index (χ0n) is 16.8. The van der Waals surface area contributed by atoms with Gasteiger partial charge in [-0.1, -0.05) is 48.5 Å². The predicted molar refractivity (Wildman–Crippen MR) is 120 cm³/mol. The second-order valence-corrected chi connectivity index (χ2v) is 7.43. The molecule has 1 amide bonds. The lowest BCUT2D eigenvalue weighted by Crippen LogP contribution is -2.48. The van der Waals surface area contributed by atoms with Crippen molar-refractivity contribution in [2.45, 2.75) is 19.4 Å². The van der Waals surface area contributed by atoms with E-state index >= 15 is 0 Å². The van der Waals surface area contributed by atoms with Crippen LogP contribution in [0.25, 0.3) is 16.9 Å². The minimum absolute atomic E-state index is 0. The summed E-state index contributed by atoms with van der Waals surface area (Å²) in [5.74, 6) is -0.00484. The van der Waals surface area contributed by atoms with Gasteiger partial charge in [-0.3, -0.25) is 4.79 Å². The van der Waals surface area contributed by atoms with E-state index < -0.39 is 5.41 Å². The maximum Gasteiger partial charge on any atom is 0.227 e. The van der Waals surface area contributed by atoms with E-state index in [0.29, 0.717) is 39.1 Å². The Balaban J connectivity index is 0.00000256. The van der Waals surface area contributed by atoms with E-state index in [2.05, 4.69) is 5.32 Å². The van der Waals surface area contributed by atoms with Crippen LogP contribution in [-0.4, -0.2) is 35.4 Å². The number of carbonyl (C=O) groups excluding carboxylic acids is 1. The quantitative estimate of drug-likeness (QED) is 0.633. The van der Waals surface area contributed by atoms with Crippen molar-refractivity contribution in [2.24, 2.45) is 11.1 Å². The normalized spacial score (nSPS) is 15.2. The highest BCUT2D eigenvalue weighted by atomic mass is 35.5. The van der Waals surface area contributed by atoms with Gasteiger partial charge in [-0.25, -0.2) is 4.68 Å². The van der Waals surface area contributed by atoms with Crippen LogP contribution in [-0.2, 0) is 16.1 Å². The SMILES string of the molecule is Cl.NCC1(C(=O)NCc2cn(-c3ccccc3)nc2-c2ccccc2)CCOCC1. The van der Waals surface area contributed by atoms with Gasteiger partial charge in [0.05, 0.1) is 16.8 Å². The Kier molecular flexibility index (Phi) is 7.26. The van der Waals surface area contributed by atoms with Crippen molar-refractivity contribution in [3.8, 4) is 16.9 Å². The minimum Gasteiger partial charge on any atom is -0.381 e. The third kappa shape index (κ3) is 4.56. The predicted octanol–water partition coefficient (Wildman–Crippen LogP) is 3.33. The number of benzene rings is 2. The first-order valence-corrected chi connectivity index (χ1v) is 9.97. The highest BCUT2D eigenvalue weighted by Crippen LogP contribution is 2.30. The molecule has 0 saturated carbocycles. The molecule has 0 radical (unpaired) electrons. The standard InChI is InChI=1S/C23H26N4O2.ClH/c24-17-23(11-13-29-14-12-23)22(28)25-15-19-16-27(20-9-5-2-6-10-20)26-21(19)18-7-3-1-4-8-18;/h1-10,16H,11-15,17,24H2,(H,25,28);1H. The lowest BCUT2D eigenvalue weighted by atomic mass is 9.79. The van der Waals surface area contributed by atoms with Crippen LogP contribution in [0.1, 0.15) is 18.4 Å². The number of nitrogens with two attached hydrogens (primary N) is 1. The van der Waals surface area contributed by atoms with Crippen LogP contribution in [0.4, 0.5) is 0 Å².